The number of carbonyl (C=O) groups excluding carboxylic acids is 1. The van der Waals surface area contributed by atoms with Crippen molar-refractivity contribution in [3.8, 4) is 16.9 Å². The number of anilines is 1. The maximum atomic E-state index is 12.5. The summed E-state index contributed by atoms with van der Waals surface area (Å²) in [6.45, 7) is 1.89. The molecule has 1 amide bonds. The van der Waals surface area contributed by atoms with Crippen molar-refractivity contribution < 1.29 is 13.9 Å². The first-order valence-corrected chi connectivity index (χ1v) is 10.7. The molecule has 32 heavy (non-hydrogen) atoms. The molecular formula is C26H20BrNO4. The van der Waals surface area contributed by atoms with E-state index in [9.17, 15) is 9.59 Å². The van der Waals surface area contributed by atoms with Crippen LogP contribution >= 0.6 is 15.9 Å². The van der Waals surface area contributed by atoms with Gasteiger partial charge >= 0.3 is 5.63 Å². The van der Waals surface area contributed by atoms with Gasteiger partial charge in [-0.3, -0.25) is 4.79 Å². The van der Waals surface area contributed by atoms with E-state index in [-0.39, 0.29) is 5.91 Å². The van der Waals surface area contributed by atoms with Gasteiger partial charge < -0.3 is 14.5 Å². The second-order valence-electron chi connectivity index (χ2n) is 7.22. The molecule has 0 aliphatic carbocycles. The zero-order valence-corrected chi connectivity index (χ0v) is 19.1. The lowest BCUT2D eigenvalue weighted by Crippen LogP contribution is -2.08. The minimum Gasteiger partial charge on any atom is -0.496 e. The Morgan fingerprint density at radius 2 is 1.84 bits per heavy atom. The second-order valence-corrected chi connectivity index (χ2v) is 8.14. The summed E-state index contributed by atoms with van der Waals surface area (Å²) < 4.78 is 11.7. The van der Waals surface area contributed by atoms with Gasteiger partial charge in [0.05, 0.1) is 12.7 Å². The van der Waals surface area contributed by atoms with Crippen LogP contribution in [0.2, 0.25) is 0 Å². The van der Waals surface area contributed by atoms with E-state index in [2.05, 4.69) is 21.2 Å². The summed E-state index contributed by atoms with van der Waals surface area (Å²) in [6, 6.07) is 20.2. The van der Waals surface area contributed by atoms with E-state index in [4.69, 9.17) is 9.15 Å². The molecule has 5 nitrogen and oxygen atoms in total. The predicted octanol–water partition coefficient (Wildman–Crippen LogP) is 6.19. The van der Waals surface area contributed by atoms with Gasteiger partial charge in [-0.2, -0.15) is 0 Å². The molecule has 0 aliphatic rings. The zero-order valence-electron chi connectivity index (χ0n) is 17.5. The fourth-order valence-corrected chi connectivity index (χ4v) is 3.86. The summed E-state index contributed by atoms with van der Waals surface area (Å²) in [5.41, 5.74) is 3.67. The number of nitrogens with one attached hydrogen (secondary N) is 1. The van der Waals surface area contributed by atoms with Crippen LogP contribution < -0.4 is 15.7 Å². The van der Waals surface area contributed by atoms with Gasteiger partial charge in [0.2, 0.25) is 5.91 Å². The average molecular weight is 490 g/mol. The Morgan fingerprint density at radius 1 is 1.03 bits per heavy atom. The Kier molecular flexibility index (Phi) is 6.23. The van der Waals surface area contributed by atoms with E-state index in [1.54, 1.807) is 25.3 Å². The molecule has 160 valence electrons. The van der Waals surface area contributed by atoms with E-state index in [0.717, 1.165) is 26.5 Å². The van der Waals surface area contributed by atoms with Gasteiger partial charge in [0.15, 0.2) is 0 Å². The molecule has 0 bridgehead atoms. The summed E-state index contributed by atoms with van der Waals surface area (Å²) in [7, 11) is 1.58. The third-order valence-electron chi connectivity index (χ3n) is 5.03. The first-order chi connectivity index (χ1) is 15.4. The molecule has 1 heterocycles. The van der Waals surface area contributed by atoms with Gasteiger partial charge in [0.25, 0.3) is 0 Å². The molecule has 6 heteroatoms. The first-order valence-electron chi connectivity index (χ1n) is 9.91. The number of rotatable bonds is 5. The van der Waals surface area contributed by atoms with Gasteiger partial charge in [-0.05, 0) is 66.6 Å². The van der Waals surface area contributed by atoms with Gasteiger partial charge in [-0.15, -0.1) is 0 Å². The number of fused-ring (bicyclic) bond motifs is 1. The van der Waals surface area contributed by atoms with Crippen LogP contribution in [0.1, 0.15) is 11.1 Å². The minimum absolute atomic E-state index is 0.274. The number of amides is 1. The zero-order chi connectivity index (χ0) is 22.7. The van der Waals surface area contributed by atoms with Crippen molar-refractivity contribution in [2.24, 2.45) is 0 Å². The number of para-hydroxylation sites is 1. The van der Waals surface area contributed by atoms with Crippen molar-refractivity contribution in [1.29, 1.82) is 0 Å². The highest BCUT2D eigenvalue weighted by Gasteiger charge is 2.11. The van der Waals surface area contributed by atoms with Gasteiger partial charge in [-0.1, -0.05) is 40.2 Å². The van der Waals surface area contributed by atoms with E-state index in [0.29, 0.717) is 22.6 Å². The van der Waals surface area contributed by atoms with Crippen LogP contribution in [0.25, 0.3) is 28.2 Å². The Balaban J connectivity index is 1.55. The molecule has 0 aliphatic heterocycles. The number of hydrogen-bond donors (Lipinski definition) is 1. The highest BCUT2D eigenvalue weighted by Crippen LogP contribution is 2.27. The number of methoxy groups -OCH3 is 1. The summed E-state index contributed by atoms with van der Waals surface area (Å²) in [5.74, 6) is 0.399. The SMILES string of the molecule is COc1ccc(Br)cc1/C=C/C(=O)Nc1ccc(-c2cc3ccccc3oc2=O)c(C)c1. The summed E-state index contributed by atoms with van der Waals surface area (Å²) in [5, 5.41) is 3.70. The monoisotopic (exact) mass is 489 g/mol. The molecule has 0 radical (unpaired) electrons. The van der Waals surface area contributed by atoms with Crippen molar-refractivity contribution in [3.63, 3.8) is 0 Å². The van der Waals surface area contributed by atoms with E-state index in [1.807, 2.05) is 61.5 Å². The van der Waals surface area contributed by atoms with E-state index >= 15 is 0 Å². The molecule has 0 spiro atoms. The molecule has 3 aromatic carbocycles. The van der Waals surface area contributed by atoms with Crippen molar-refractivity contribution in [1.82, 2.24) is 0 Å². The molecule has 0 atom stereocenters. The van der Waals surface area contributed by atoms with Gasteiger partial charge in [0.1, 0.15) is 11.3 Å². The standard InChI is InChI=1S/C26H20BrNO4/c1-16-13-20(28-25(29)12-7-18-14-19(27)8-11-23(18)31-2)9-10-21(16)22-15-17-5-3-4-6-24(17)32-26(22)30/h3-15H,1-2H3,(H,28,29)/b12-7+. The third kappa shape index (κ3) is 4.65. The summed E-state index contributed by atoms with van der Waals surface area (Å²) in [6.07, 6.45) is 3.14. The second kappa shape index (κ2) is 9.24. The van der Waals surface area contributed by atoms with Crippen LogP contribution in [-0.2, 0) is 4.79 Å². The fraction of sp³-hybridized carbons (Fsp3) is 0.0769. The number of aryl methyl sites for hydroxylation is 1. The molecule has 0 saturated heterocycles. The van der Waals surface area contributed by atoms with Crippen LogP contribution in [0, 0.1) is 6.92 Å². The smallest absolute Gasteiger partial charge is 0.344 e. The Labute approximate surface area is 193 Å². The predicted molar refractivity (Wildman–Crippen MR) is 131 cm³/mol. The molecule has 1 N–H and O–H groups in total. The van der Waals surface area contributed by atoms with Crippen molar-refractivity contribution in [2.75, 3.05) is 12.4 Å². The molecule has 0 fully saturated rings. The molecule has 1 aromatic heterocycles. The molecule has 4 aromatic rings. The Morgan fingerprint density at radius 3 is 2.62 bits per heavy atom. The fourth-order valence-electron chi connectivity index (χ4n) is 3.48. The van der Waals surface area contributed by atoms with E-state index < -0.39 is 5.63 Å². The number of halogens is 1. The van der Waals surface area contributed by atoms with Crippen LogP contribution in [0.3, 0.4) is 0 Å². The average Bonchev–Trinajstić information content (AvgIpc) is 2.78. The maximum absolute atomic E-state index is 12.5. The lowest BCUT2D eigenvalue weighted by Gasteiger charge is -2.09. The van der Waals surface area contributed by atoms with Crippen LogP contribution in [-0.4, -0.2) is 13.0 Å². The summed E-state index contributed by atoms with van der Waals surface area (Å²) >= 11 is 3.42. The van der Waals surface area contributed by atoms with Crippen LogP contribution in [0.15, 0.2) is 86.5 Å². The minimum atomic E-state index is -0.394. The first kappa shape index (κ1) is 21.6. The topological polar surface area (TPSA) is 68.5 Å². The third-order valence-corrected chi connectivity index (χ3v) is 5.52. The number of benzene rings is 3. The van der Waals surface area contributed by atoms with Crippen molar-refractivity contribution in [2.45, 2.75) is 6.92 Å². The number of hydrogen-bond acceptors (Lipinski definition) is 4. The molecule has 0 unspecified atom stereocenters. The van der Waals surface area contributed by atoms with Gasteiger partial charge in [0, 0.05) is 27.2 Å². The van der Waals surface area contributed by atoms with Gasteiger partial charge in [-0.25, -0.2) is 4.79 Å². The number of carbonyl (C=O) groups is 1. The maximum Gasteiger partial charge on any atom is 0.344 e. The highest BCUT2D eigenvalue weighted by atomic mass is 79.9. The lowest BCUT2D eigenvalue weighted by molar-refractivity contribution is -0.111. The van der Waals surface area contributed by atoms with Crippen molar-refractivity contribution in [3.05, 3.63) is 98.8 Å². The van der Waals surface area contributed by atoms with Crippen molar-refractivity contribution >= 4 is 44.6 Å². The van der Waals surface area contributed by atoms with Crippen LogP contribution in [0.4, 0.5) is 5.69 Å². The summed E-state index contributed by atoms with van der Waals surface area (Å²) in [4.78, 5) is 24.9. The number of ether oxygens (including phenoxy) is 1. The Bertz CT molecular complexity index is 1400. The van der Waals surface area contributed by atoms with E-state index in [1.165, 1.54) is 6.08 Å². The molecule has 4 rings (SSSR count). The molecule has 0 saturated carbocycles. The highest BCUT2D eigenvalue weighted by molar-refractivity contribution is 9.10. The Hall–Kier alpha value is -3.64. The molecular weight excluding hydrogens is 470 g/mol. The lowest BCUT2D eigenvalue weighted by atomic mass is 10.0. The quantitative estimate of drug-likeness (QED) is 0.268. The largest absolute Gasteiger partial charge is 0.496 e. The van der Waals surface area contributed by atoms with Crippen LogP contribution in [0.5, 0.6) is 5.75 Å². The normalized spacial score (nSPS) is 11.1.